The van der Waals surface area contributed by atoms with Crippen LogP contribution in [-0.2, 0) is 4.79 Å². The Hall–Kier alpha value is -5.06. The highest BCUT2D eigenvalue weighted by atomic mass is 19.1. The molecule has 2 aliphatic rings. The summed E-state index contributed by atoms with van der Waals surface area (Å²) >= 11 is 0. The molecule has 2 atom stereocenters. The Morgan fingerprint density at radius 3 is 2.42 bits per heavy atom. The summed E-state index contributed by atoms with van der Waals surface area (Å²) in [5, 5.41) is 58.0. The number of hydrogen-bond acceptors (Lipinski definition) is 12. The van der Waals surface area contributed by atoms with Gasteiger partial charge in [-0.2, -0.15) is 4.39 Å². The number of aliphatic imine (C=N–C) groups is 1. The lowest BCUT2D eigenvalue weighted by molar-refractivity contribution is -0.181. The number of phenolic OH excluding ortho intramolecular Hbond substituents is 1. The van der Waals surface area contributed by atoms with Crippen molar-refractivity contribution in [2.45, 2.75) is 36.8 Å². The molecule has 8 N–H and O–H groups in total. The molecule has 1 aliphatic carbocycles. The number of nitrogens with one attached hydrogen (secondary N) is 1. The number of nitrogen functional groups attached to an aromatic ring is 1. The van der Waals surface area contributed by atoms with Crippen LogP contribution in [0.1, 0.15) is 24.0 Å². The van der Waals surface area contributed by atoms with Gasteiger partial charge in [-0.05, 0) is 36.4 Å². The fraction of sp³-hybridized carbons (Fsp3) is 0.310. The molecule has 0 saturated heterocycles. The lowest BCUT2D eigenvalue weighted by Gasteiger charge is -2.40. The Morgan fingerprint density at radius 2 is 1.80 bits per heavy atom. The van der Waals surface area contributed by atoms with Gasteiger partial charge in [-0.15, -0.1) is 0 Å². The van der Waals surface area contributed by atoms with Crippen molar-refractivity contribution in [1.82, 2.24) is 9.88 Å². The summed E-state index contributed by atoms with van der Waals surface area (Å²) in [6.45, 7) is 0.873. The number of amidine groups is 2. The first kappa shape index (κ1) is 31.4. The fourth-order valence-corrected chi connectivity index (χ4v) is 5.02. The summed E-state index contributed by atoms with van der Waals surface area (Å²) in [6, 6.07) is 7.55. The number of nitrogens with two attached hydrogens (primary N) is 1. The van der Waals surface area contributed by atoms with Gasteiger partial charge in [0.15, 0.2) is 17.3 Å². The Kier molecular flexibility index (Phi) is 8.46. The standard InChI is InChI=1S/C29H29F2N5O9/c1-36-7-6-34-26(36)15-9-14(45-29(28(41)42)10-18(38)23(40)19(39)11-29)3-5-20(15)43-24-16(30)12-35-27(22(24)31)44-21-8-13(25(32)33)2-4-17(21)37/h2-5,8-9,12,18-19,23,37-40H,6-7,10-11H2,1H3,(H3,32,33)(H,41,42). The summed E-state index contributed by atoms with van der Waals surface area (Å²) in [5.41, 5.74) is 3.68. The highest BCUT2D eigenvalue weighted by Crippen LogP contribution is 2.40. The van der Waals surface area contributed by atoms with E-state index in [2.05, 4.69) is 9.98 Å². The minimum Gasteiger partial charge on any atom is -0.504 e. The van der Waals surface area contributed by atoms with Crippen LogP contribution in [0.2, 0.25) is 0 Å². The molecule has 16 heteroatoms. The normalized spacial score (nSPS) is 22.9. The molecule has 1 fully saturated rings. The SMILES string of the molecule is CN1CCN=C1c1cc(OC2(C(=O)O)CC(O)C(O)C(O)C2)ccc1Oc1c(F)cnc(Oc2cc(C(=N)N)ccc2O)c1F. The molecule has 1 saturated carbocycles. The molecule has 45 heavy (non-hydrogen) atoms. The fourth-order valence-electron chi connectivity index (χ4n) is 5.02. The number of aliphatic hydroxyl groups is 3. The third kappa shape index (κ3) is 6.15. The van der Waals surface area contributed by atoms with E-state index in [1.54, 1.807) is 11.9 Å². The molecule has 238 valence electrons. The monoisotopic (exact) mass is 629 g/mol. The number of carboxylic acid groups (broad SMARTS) is 1. The third-order valence-electron chi connectivity index (χ3n) is 7.41. The highest BCUT2D eigenvalue weighted by Gasteiger charge is 2.52. The molecular weight excluding hydrogens is 600 g/mol. The Bertz CT molecular complexity index is 1680. The van der Waals surface area contributed by atoms with Crippen molar-refractivity contribution < 1.29 is 53.3 Å². The largest absolute Gasteiger partial charge is 0.504 e. The van der Waals surface area contributed by atoms with Crippen LogP contribution < -0.4 is 19.9 Å². The highest BCUT2D eigenvalue weighted by molar-refractivity contribution is 6.02. The molecule has 2 unspecified atom stereocenters. The maximum Gasteiger partial charge on any atom is 0.348 e. The molecule has 0 amide bonds. The van der Waals surface area contributed by atoms with Crippen molar-refractivity contribution in [3.8, 4) is 34.6 Å². The molecule has 3 aromatic rings. The van der Waals surface area contributed by atoms with Gasteiger partial charge in [0.05, 0.1) is 30.5 Å². The number of carboxylic acids is 1. The number of nitrogens with zero attached hydrogens (tertiary/aromatic N) is 3. The number of likely N-dealkylation sites (N-methyl/N-ethyl adjacent to an activating group) is 1. The van der Waals surface area contributed by atoms with Crippen molar-refractivity contribution in [3.05, 3.63) is 65.4 Å². The predicted octanol–water partition coefficient (Wildman–Crippen LogP) is 1.70. The van der Waals surface area contributed by atoms with Crippen LogP contribution in [0.4, 0.5) is 8.78 Å². The summed E-state index contributed by atoms with van der Waals surface area (Å²) in [7, 11) is 1.71. The van der Waals surface area contributed by atoms with E-state index in [9.17, 15) is 34.7 Å². The number of benzene rings is 2. The van der Waals surface area contributed by atoms with E-state index >= 15 is 4.39 Å². The van der Waals surface area contributed by atoms with Gasteiger partial charge in [-0.3, -0.25) is 10.4 Å². The van der Waals surface area contributed by atoms with Gasteiger partial charge in [0.25, 0.3) is 5.88 Å². The zero-order valence-electron chi connectivity index (χ0n) is 23.6. The second-order valence-corrected chi connectivity index (χ2v) is 10.6. The zero-order valence-corrected chi connectivity index (χ0v) is 23.6. The van der Waals surface area contributed by atoms with Gasteiger partial charge in [0.2, 0.25) is 17.2 Å². The van der Waals surface area contributed by atoms with E-state index < -0.39 is 71.7 Å². The Labute approximate surface area is 254 Å². The van der Waals surface area contributed by atoms with Gasteiger partial charge in [-0.1, -0.05) is 0 Å². The minimum absolute atomic E-state index is 0.0564. The number of pyridine rings is 1. The number of rotatable bonds is 9. The molecule has 5 rings (SSSR count). The lowest BCUT2D eigenvalue weighted by atomic mass is 9.79. The molecular formula is C29H29F2N5O9. The smallest absolute Gasteiger partial charge is 0.348 e. The van der Waals surface area contributed by atoms with E-state index in [1.807, 2.05) is 0 Å². The maximum atomic E-state index is 15.6. The molecule has 0 spiro atoms. The van der Waals surface area contributed by atoms with E-state index in [0.717, 1.165) is 0 Å². The van der Waals surface area contributed by atoms with E-state index in [-0.39, 0.29) is 34.2 Å². The van der Waals surface area contributed by atoms with Crippen LogP contribution in [0.3, 0.4) is 0 Å². The van der Waals surface area contributed by atoms with E-state index in [0.29, 0.717) is 25.1 Å². The zero-order chi connectivity index (χ0) is 32.6. The average molecular weight is 630 g/mol. The molecule has 2 heterocycles. The van der Waals surface area contributed by atoms with Crippen LogP contribution in [0.25, 0.3) is 0 Å². The quantitative estimate of drug-likeness (QED) is 0.133. The van der Waals surface area contributed by atoms with E-state index in [1.165, 1.54) is 36.4 Å². The first-order chi connectivity index (χ1) is 21.3. The second-order valence-electron chi connectivity index (χ2n) is 10.6. The number of halogens is 2. The Balaban J connectivity index is 1.51. The number of carbonyl (C=O) groups is 1. The van der Waals surface area contributed by atoms with Gasteiger partial charge in [-0.25, -0.2) is 14.2 Å². The van der Waals surface area contributed by atoms with Gasteiger partial charge in [0.1, 0.15) is 29.3 Å². The van der Waals surface area contributed by atoms with Crippen LogP contribution in [-0.4, -0.2) is 97.1 Å². The first-order valence-corrected chi connectivity index (χ1v) is 13.5. The van der Waals surface area contributed by atoms with Crippen LogP contribution in [0.5, 0.6) is 34.6 Å². The number of aliphatic hydroxyl groups excluding tert-OH is 3. The summed E-state index contributed by atoms with van der Waals surface area (Å²) in [4.78, 5) is 22.0. The summed E-state index contributed by atoms with van der Waals surface area (Å²) in [5.74, 6) is -6.69. The molecule has 2 aromatic carbocycles. The van der Waals surface area contributed by atoms with Gasteiger partial charge >= 0.3 is 5.97 Å². The van der Waals surface area contributed by atoms with Crippen molar-refractivity contribution in [2.24, 2.45) is 10.7 Å². The third-order valence-corrected chi connectivity index (χ3v) is 7.41. The van der Waals surface area contributed by atoms with Crippen molar-refractivity contribution in [1.29, 1.82) is 5.41 Å². The molecule has 1 aromatic heterocycles. The molecule has 14 nitrogen and oxygen atoms in total. The molecule has 1 aliphatic heterocycles. The second kappa shape index (κ2) is 12.1. The maximum absolute atomic E-state index is 15.6. The molecule has 0 bridgehead atoms. The number of aromatic hydroxyl groups is 1. The van der Waals surface area contributed by atoms with E-state index in [4.69, 9.17) is 25.4 Å². The predicted molar refractivity (Wildman–Crippen MR) is 152 cm³/mol. The van der Waals surface area contributed by atoms with Crippen molar-refractivity contribution in [3.63, 3.8) is 0 Å². The number of ether oxygens (including phenoxy) is 3. The van der Waals surface area contributed by atoms with Crippen LogP contribution in [0, 0.1) is 17.0 Å². The van der Waals surface area contributed by atoms with Crippen LogP contribution >= 0.6 is 0 Å². The molecule has 0 radical (unpaired) electrons. The van der Waals surface area contributed by atoms with Crippen molar-refractivity contribution >= 4 is 17.6 Å². The lowest BCUT2D eigenvalue weighted by Crippen LogP contribution is -2.58. The number of phenols is 1. The minimum atomic E-state index is -2.11. The number of aliphatic carboxylic acids is 1. The first-order valence-electron chi connectivity index (χ1n) is 13.5. The Morgan fingerprint density at radius 1 is 1.09 bits per heavy atom. The summed E-state index contributed by atoms with van der Waals surface area (Å²) in [6.07, 6.45) is -5.15. The van der Waals surface area contributed by atoms with Crippen molar-refractivity contribution in [2.75, 3.05) is 20.1 Å². The number of hydrogen-bond donors (Lipinski definition) is 7. The topological polar surface area (TPSA) is 224 Å². The average Bonchev–Trinajstić information content (AvgIpc) is 3.42. The van der Waals surface area contributed by atoms with Gasteiger partial charge in [0, 0.05) is 32.0 Å². The summed E-state index contributed by atoms with van der Waals surface area (Å²) < 4.78 is 47.4. The number of aromatic nitrogens is 1. The van der Waals surface area contributed by atoms with Gasteiger partial charge < -0.3 is 50.4 Å². The van der Waals surface area contributed by atoms with Crippen LogP contribution in [0.15, 0.2) is 47.6 Å².